The Hall–Kier alpha value is -2.65. The highest BCUT2D eigenvalue weighted by Crippen LogP contribution is 2.43. The molecule has 7 nitrogen and oxygen atoms in total. The van der Waals surface area contributed by atoms with E-state index < -0.39 is 12.1 Å². The maximum absolute atomic E-state index is 12.5. The van der Waals surface area contributed by atoms with E-state index in [0.717, 1.165) is 56.7 Å². The number of carboxylic acid groups (broad SMARTS) is 1. The van der Waals surface area contributed by atoms with Crippen molar-refractivity contribution in [1.82, 2.24) is 14.8 Å². The molecule has 2 aliphatic heterocycles. The summed E-state index contributed by atoms with van der Waals surface area (Å²) in [5.41, 5.74) is 2.14. The number of aromatic nitrogens is 1. The van der Waals surface area contributed by atoms with E-state index >= 15 is 0 Å². The number of hydrogen-bond donors (Lipinski definition) is 1. The third kappa shape index (κ3) is 6.45. The maximum Gasteiger partial charge on any atom is 0.490 e. The van der Waals surface area contributed by atoms with Gasteiger partial charge in [0.05, 0.1) is 12.2 Å². The largest absolute Gasteiger partial charge is 0.490 e. The number of pyridine rings is 1. The lowest BCUT2D eigenvalue weighted by Gasteiger charge is -2.47. The minimum Gasteiger partial charge on any atom is -0.475 e. The van der Waals surface area contributed by atoms with Gasteiger partial charge in [-0.2, -0.15) is 13.2 Å². The molecule has 182 valence electrons. The second kappa shape index (κ2) is 9.69. The van der Waals surface area contributed by atoms with Crippen molar-refractivity contribution in [2.45, 2.75) is 58.7 Å². The monoisotopic (exact) mass is 469 g/mol. The number of amides is 2. The van der Waals surface area contributed by atoms with Crippen molar-refractivity contribution in [1.29, 1.82) is 0 Å². The SMILES string of the molecule is Cc1cccc(CN2CC3(CCC2=O)CCN(C(=O)C2CC2C)CC3)n1.O=C(O)C(F)(F)F. The fraction of sp³-hybridized carbons (Fsp3) is 0.652. The Morgan fingerprint density at radius 2 is 1.82 bits per heavy atom. The fourth-order valence-electron chi connectivity index (χ4n) is 4.64. The highest BCUT2D eigenvalue weighted by atomic mass is 19.4. The summed E-state index contributed by atoms with van der Waals surface area (Å²) >= 11 is 0. The van der Waals surface area contributed by atoms with E-state index in [9.17, 15) is 22.8 Å². The predicted octanol–water partition coefficient (Wildman–Crippen LogP) is 3.41. The van der Waals surface area contributed by atoms with Crippen LogP contribution in [-0.4, -0.2) is 63.5 Å². The number of nitrogens with zero attached hydrogens (tertiary/aromatic N) is 3. The first-order chi connectivity index (χ1) is 15.4. The van der Waals surface area contributed by atoms with E-state index in [2.05, 4.69) is 16.8 Å². The van der Waals surface area contributed by atoms with Gasteiger partial charge < -0.3 is 14.9 Å². The lowest BCUT2D eigenvalue weighted by atomic mass is 9.72. The molecule has 1 saturated carbocycles. The van der Waals surface area contributed by atoms with Crippen LogP contribution in [0.25, 0.3) is 0 Å². The van der Waals surface area contributed by atoms with Crippen LogP contribution in [0.2, 0.25) is 0 Å². The minimum atomic E-state index is -5.08. The standard InChI is InChI=1S/C21H29N3O2.C2HF3O2/c1-15-12-18(15)20(26)23-10-8-21(9-11-23)7-6-19(25)24(14-21)13-17-5-3-4-16(2)22-17;3-2(4,5)1(6)7/h3-5,15,18H,6-14H2,1-2H3;(H,6,7). The van der Waals surface area contributed by atoms with Crippen molar-refractivity contribution in [3.8, 4) is 0 Å². The second-order valence-corrected chi connectivity index (χ2v) is 9.47. The van der Waals surface area contributed by atoms with Gasteiger partial charge in [-0.05, 0) is 56.1 Å². The van der Waals surface area contributed by atoms with Crippen LogP contribution in [0.5, 0.6) is 0 Å². The Kier molecular flexibility index (Phi) is 7.33. The number of rotatable bonds is 3. The first kappa shape index (κ1) is 25.0. The number of carboxylic acids is 1. The van der Waals surface area contributed by atoms with Gasteiger partial charge in [-0.3, -0.25) is 14.6 Å². The third-order valence-electron chi connectivity index (χ3n) is 6.85. The number of piperidine rings is 2. The van der Waals surface area contributed by atoms with Gasteiger partial charge in [0.15, 0.2) is 0 Å². The van der Waals surface area contributed by atoms with E-state index in [4.69, 9.17) is 9.90 Å². The zero-order chi connectivity index (χ0) is 24.4. The lowest BCUT2D eigenvalue weighted by molar-refractivity contribution is -0.192. The number of carbonyl (C=O) groups excluding carboxylic acids is 2. The van der Waals surface area contributed by atoms with Crippen LogP contribution >= 0.6 is 0 Å². The fourth-order valence-corrected chi connectivity index (χ4v) is 4.64. The molecule has 1 aromatic heterocycles. The van der Waals surface area contributed by atoms with Crippen molar-refractivity contribution in [2.75, 3.05) is 19.6 Å². The number of carbonyl (C=O) groups is 3. The van der Waals surface area contributed by atoms with Crippen molar-refractivity contribution in [3.63, 3.8) is 0 Å². The molecule has 0 bridgehead atoms. The van der Waals surface area contributed by atoms with Crippen LogP contribution in [-0.2, 0) is 20.9 Å². The van der Waals surface area contributed by atoms with E-state index in [0.29, 0.717) is 24.8 Å². The van der Waals surface area contributed by atoms with Gasteiger partial charge in [-0.25, -0.2) is 4.79 Å². The summed E-state index contributed by atoms with van der Waals surface area (Å²) in [6.07, 6.45) is -0.396. The summed E-state index contributed by atoms with van der Waals surface area (Å²) in [6, 6.07) is 5.99. The van der Waals surface area contributed by atoms with Crippen LogP contribution in [0.15, 0.2) is 18.2 Å². The Balaban J connectivity index is 0.000000383. The lowest BCUT2D eigenvalue weighted by Crippen LogP contribution is -2.52. The van der Waals surface area contributed by atoms with Crippen molar-refractivity contribution >= 4 is 17.8 Å². The summed E-state index contributed by atoms with van der Waals surface area (Å²) in [4.78, 5) is 42.5. The highest BCUT2D eigenvalue weighted by Gasteiger charge is 2.46. The molecule has 3 heterocycles. The van der Waals surface area contributed by atoms with Crippen LogP contribution in [0, 0.1) is 24.2 Å². The molecule has 2 atom stereocenters. The zero-order valence-corrected chi connectivity index (χ0v) is 18.9. The zero-order valence-electron chi connectivity index (χ0n) is 18.9. The molecule has 1 aliphatic carbocycles. The number of aliphatic carboxylic acids is 1. The molecule has 2 unspecified atom stereocenters. The first-order valence-electron chi connectivity index (χ1n) is 11.2. The summed E-state index contributed by atoms with van der Waals surface area (Å²) in [6.45, 7) is 7.27. The molecule has 3 fully saturated rings. The van der Waals surface area contributed by atoms with Gasteiger partial charge in [-0.15, -0.1) is 0 Å². The van der Waals surface area contributed by atoms with Gasteiger partial charge in [0.1, 0.15) is 0 Å². The molecule has 0 aromatic carbocycles. The van der Waals surface area contributed by atoms with Crippen LogP contribution in [0.3, 0.4) is 0 Å². The van der Waals surface area contributed by atoms with Crippen molar-refractivity contribution < 1.29 is 32.7 Å². The Labute approximate surface area is 191 Å². The van der Waals surface area contributed by atoms with Gasteiger partial charge in [0, 0.05) is 37.7 Å². The molecule has 10 heteroatoms. The molecule has 4 rings (SSSR count). The Bertz CT molecular complexity index is 897. The Morgan fingerprint density at radius 3 is 2.33 bits per heavy atom. The smallest absolute Gasteiger partial charge is 0.475 e. The van der Waals surface area contributed by atoms with Crippen LogP contribution in [0.4, 0.5) is 13.2 Å². The summed E-state index contributed by atoms with van der Waals surface area (Å²) in [5, 5.41) is 7.12. The molecule has 2 amide bonds. The van der Waals surface area contributed by atoms with Gasteiger partial charge in [0.25, 0.3) is 0 Å². The topological polar surface area (TPSA) is 90.8 Å². The van der Waals surface area contributed by atoms with E-state index in [1.54, 1.807) is 0 Å². The average molecular weight is 470 g/mol. The van der Waals surface area contributed by atoms with Crippen LogP contribution in [0.1, 0.15) is 50.4 Å². The Morgan fingerprint density at radius 1 is 1.21 bits per heavy atom. The first-order valence-corrected chi connectivity index (χ1v) is 11.2. The summed E-state index contributed by atoms with van der Waals surface area (Å²) in [7, 11) is 0. The normalized spacial score (nSPS) is 24.2. The number of halogens is 3. The summed E-state index contributed by atoms with van der Waals surface area (Å²) < 4.78 is 31.7. The van der Waals surface area contributed by atoms with Crippen LogP contribution < -0.4 is 0 Å². The van der Waals surface area contributed by atoms with Gasteiger partial charge in [0.2, 0.25) is 11.8 Å². The molecule has 2 saturated heterocycles. The number of likely N-dealkylation sites (tertiary alicyclic amines) is 2. The van der Waals surface area contributed by atoms with Crippen molar-refractivity contribution in [2.24, 2.45) is 17.3 Å². The predicted molar refractivity (Wildman–Crippen MR) is 113 cm³/mol. The van der Waals surface area contributed by atoms with E-state index in [1.165, 1.54) is 0 Å². The molecule has 1 spiro atoms. The highest BCUT2D eigenvalue weighted by molar-refractivity contribution is 5.81. The molecular weight excluding hydrogens is 439 g/mol. The van der Waals surface area contributed by atoms with Gasteiger partial charge in [-0.1, -0.05) is 13.0 Å². The maximum atomic E-state index is 12.5. The molecule has 1 aromatic rings. The number of aryl methyl sites for hydroxylation is 1. The van der Waals surface area contributed by atoms with E-state index in [-0.39, 0.29) is 17.2 Å². The minimum absolute atomic E-state index is 0.184. The molecule has 0 radical (unpaired) electrons. The molecular formula is C23H30F3N3O4. The van der Waals surface area contributed by atoms with E-state index in [1.807, 2.05) is 30.0 Å². The number of hydrogen-bond acceptors (Lipinski definition) is 4. The second-order valence-electron chi connectivity index (χ2n) is 9.47. The third-order valence-corrected chi connectivity index (χ3v) is 6.85. The van der Waals surface area contributed by atoms with Gasteiger partial charge >= 0.3 is 12.1 Å². The number of alkyl halides is 3. The molecule has 33 heavy (non-hydrogen) atoms. The average Bonchev–Trinajstić information content (AvgIpc) is 3.47. The molecule has 1 N–H and O–H groups in total. The quantitative estimate of drug-likeness (QED) is 0.733. The molecule has 3 aliphatic rings. The van der Waals surface area contributed by atoms with Crippen molar-refractivity contribution in [3.05, 3.63) is 29.6 Å². The summed E-state index contributed by atoms with van der Waals surface area (Å²) in [5.74, 6) is -1.30.